The van der Waals surface area contributed by atoms with Gasteiger partial charge in [0.05, 0.1) is 32.9 Å². The molecule has 2 N–H and O–H groups in total. The summed E-state index contributed by atoms with van der Waals surface area (Å²) in [6.45, 7) is 13.6. The van der Waals surface area contributed by atoms with Gasteiger partial charge in [-0.3, -0.25) is 14.8 Å². The molecule has 1 heterocycles. The number of hydrogen-bond donors (Lipinski definition) is 2. The Morgan fingerprint density at radius 2 is 1.90 bits per heavy atom. The molecule has 7 heteroatoms. The third-order valence-corrected chi connectivity index (χ3v) is 6.10. The van der Waals surface area contributed by atoms with Gasteiger partial charge in [-0.1, -0.05) is 12.1 Å². The molecule has 0 amide bonds. The Hall–Kier alpha value is -1.83. The monoisotopic (exact) mass is 431 g/mol. The number of aliphatic imine (C=N–C) groups is 1. The lowest BCUT2D eigenvalue weighted by Crippen LogP contribution is -2.44. The van der Waals surface area contributed by atoms with Gasteiger partial charge in [0.1, 0.15) is 5.75 Å². The summed E-state index contributed by atoms with van der Waals surface area (Å²) in [4.78, 5) is 10.1. The van der Waals surface area contributed by atoms with Crippen molar-refractivity contribution in [2.75, 3.05) is 59.6 Å². The predicted octanol–water partition coefficient (Wildman–Crippen LogP) is 2.50. The first kappa shape index (κ1) is 23.8. The zero-order valence-corrected chi connectivity index (χ0v) is 19.8. The maximum atomic E-state index is 5.58. The van der Waals surface area contributed by atoms with Crippen LogP contribution in [0.1, 0.15) is 45.2 Å². The van der Waals surface area contributed by atoms with E-state index in [0.717, 1.165) is 63.7 Å². The number of ether oxygens (including phenoxy) is 2. The maximum Gasteiger partial charge on any atom is 0.191 e. The lowest BCUT2D eigenvalue weighted by atomic mass is 10.0. The highest BCUT2D eigenvalue weighted by atomic mass is 16.5. The van der Waals surface area contributed by atoms with Crippen LogP contribution in [0.4, 0.5) is 0 Å². The van der Waals surface area contributed by atoms with Crippen LogP contribution >= 0.6 is 0 Å². The molecule has 1 atom stereocenters. The van der Waals surface area contributed by atoms with E-state index in [1.807, 2.05) is 12.1 Å². The van der Waals surface area contributed by atoms with Crippen molar-refractivity contribution in [2.45, 2.75) is 51.7 Å². The highest BCUT2D eigenvalue weighted by molar-refractivity contribution is 5.79. The molecule has 174 valence electrons. The normalized spacial score (nSPS) is 19.0. The summed E-state index contributed by atoms with van der Waals surface area (Å²) in [5.74, 6) is 1.78. The van der Waals surface area contributed by atoms with E-state index >= 15 is 0 Å². The molecule has 3 rings (SSSR count). The molecular formula is C24H41N5O2. The first-order valence-corrected chi connectivity index (χ1v) is 11.9. The fraction of sp³-hybridized carbons (Fsp3) is 0.708. The van der Waals surface area contributed by atoms with E-state index in [2.05, 4.69) is 53.3 Å². The Bertz CT molecular complexity index is 667. The van der Waals surface area contributed by atoms with E-state index in [1.54, 1.807) is 7.11 Å². The largest absolute Gasteiger partial charge is 0.497 e. The summed E-state index contributed by atoms with van der Waals surface area (Å²) in [6.07, 6.45) is 2.69. The molecule has 1 aromatic rings. The van der Waals surface area contributed by atoms with Crippen molar-refractivity contribution in [3.8, 4) is 5.75 Å². The molecule has 2 fully saturated rings. The molecule has 1 saturated carbocycles. The zero-order chi connectivity index (χ0) is 22.1. The summed E-state index contributed by atoms with van der Waals surface area (Å²) in [5.41, 5.74) is 1.27. The van der Waals surface area contributed by atoms with Gasteiger partial charge in [0, 0.05) is 44.8 Å². The van der Waals surface area contributed by atoms with Crippen LogP contribution in [0, 0.1) is 0 Å². The van der Waals surface area contributed by atoms with Crippen molar-refractivity contribution in [1.82, 2.24) is 20.4 Å². The van der Waals surface area contributed by atoms with Crippen LogP contribution in [0.3, 0.4) is 0 Å². The minimum atomic E-state index is 0.226. The molecular weight excluding hydrogens is 390 g/mol. The highest BCUT2D eigenvalue weighted by Gasteiger charge is 2.30. The summed E-state index contributed by atoms with van der Waals surface area (Å²) in [7, 11) is 1.71. The van der Waals surface area contributed by atoms with Crippen molar-refractivity contribution >= 4 is 5.96 Å². The van der Waals surface area contributed by atoms with Gasteiger partial charge in [-0.05, 0) is 51.3 Å². The minimum Gasteiger partial charge on any atom is -0.497 e. The molecule has 1 aliphatic heterocycles. The van der Waals surface area contributed by atoms with Gasteiger partial charge in [-0.2, -0.15) is 0 Å². The second-order valence-corrected chi connectivity index (χ2v) is 8.65. The molecule has 0 spiro atoms. The van der Waals surface area contributed by atoms with Crippen molar-refractivity contribution in [1.29, 1.82) is 0 Å². The number of rotatable bonds is 11. The lowest BCUT2D eigenvalue weighted by Gasteiger charge is -2.34. The van der Waals surface area contributed by atoms with Crippen molar-refractivity contribution < 1.29 is 9.47 Å². The third-order valence-electron chi connectivity index (χ3n) is 6.10. The first-order valence-electron chi connectivity index (χ1n) is 11.9. The standard InChI is InChI=1S/C24H41N5O2/c1-5-25-24(26-12-13-29(19(2)3)21-8-9-21)27-18-23(28-14-16-31-17-15-28)20-6-10-22(30-4)11-7-20/h6-7,10-11,19,21,23H,5,8-9,12-18H2,1-4H3,(H2,25,26,27). The van der Waals surface area contributed by atoms with Crippen LogP contribution in [-0.2, 0) is 4.74 Å². The number of nitrogens with one attached hydrogen (secondary N) is 2. The van der Waals surface area contributed by atoms with Gasteiger partial charge in [0.15, 0.2) is 5.96 Å². The van der Waals surface area contributed by atoms with Gasteiger partial charge >= 0.3 is 0 Å². The molecule has 2 aliphatic rings. The second-order valence-electron chi connectivity index (χ2n) is 8.65. The Morgan fingerprint density at radius 3 is 2.48 bits per heavy atom. The summed E-state index contributed by atoms with van der Waals surface area (Å²) >= 11 is 0. The van der Waals surface area contributed by atoms with Crippen LogP contribution in [0.5, 0.6) is 5.75 Å². The van der Waals surface area contributed by atoms with Gasteiger partial charge in [-0.15, -0.1) is 0 Å². The number of benzene rings is 1. The molecule has 0 aromatic heterocycles. The fourth-order valence-corrected chi connectivity index (χ4v) is 4.24. The number of hydrogen-bond acceptors (Lipinski definition) is 5. The highest BCUT2D eigenvalue weighted by Crippen LogP contribution is 2.28. The molecule has 1 unspecified atom stereocenters. The molecule has 31 heavy (non-hydrogen) atoms. The van der Waals surface area contributed by atoms with Crippen LogP contribution in [0.2, 0.25) is 0 Å². The summed E-state index contributed by atoms with van der Waals surface area (Å²) < 4.78 is 10.9. The van der Waals surface area contributed by atoms with E-state index in [-0.39, 0.29) is 6.04 Å². The Balaban J connectivity index is 1.64. The number of guanidine groups is 1. The molecule has 1 aliphatic carbocycles. The average Bonchev–Trinajstić information content (AvgIpc) is 3.62. The van der Waals surface area contributed by atoms with Crippen molar-refractivity contribution in [3.05, 3.63) is 29.8 Å². The van der Waals surface area contributed by atoms with E-state index in [9.17, 15) is 0 Å². The molecule has 0 radical (unpaired) electrons. The summed E-state index contributed by atoms with van der Waals surface area (Å²) in [5, 5.41) is 6.97. The van der Waals surface area contributed by atoms with Crippen LogP contribution in [-0.4, -0.2) is 87.4 Å². The van der Waals surface area contributed by atoms with Crippen LogP contribution in [0.15, 0.2) is 29.3 Å². The third kappa shape index (κ3) is 7.37. The molecule has 1 saturated heterocycles. The number of morpholine rings is 1. The van der Waals surface area contributed by atoms with Crippen LogP contribution in [0.25, 0.3) is 0 Å². The zero-order valence-electron chi connectivity index (χ0n) is 19.8. The van der Waals surface area contributed by atoms with Gasteiger partial charge in [0.25, 0.3) is 0 Å². The predicted molar refractivity (Wildman–Crippen MR) is 127 cm³/mol. The van der Waals surface area contributed by atoms with E-state index in [4.69, 9.17) is 14.5 Å². The van der Waals surface area contributed by atoms with Gasteiger partial charge in [0.2, 0.25) is 0 Å². The SMILES string of the molecule is CCNC(=NCC(c1ccc(OC)cc1)N1CCOCC1)NCCN(C(C)C)C1CC1. The Morgan fingerprint density at radius 1 is 1.19 bits per heavy atom. The van der Waals surface area contributed by atoms with Crippen molar-refractivity contribution in [3.63, 3.8) is 0 Å². The average molecular weight is 432 g/mol. The van der Waals surface area contributed by atoms with E-state index in [0.29, 0.717) is 12.6 Å². The molecule has 0 bridgehead atoms. The fourth-order valence-electron chi connectivity index (χ4n) is 4.24. The van der Waals surface area contributed by atoms with E-state index in [1.165, 1.54) is 18.4 Å². The van der Waals surface area contributed by atoms with Crippen LogP contribution < -0.4 is 15.4 Å². The van der Waals surface area contributed by atoms with Gasteiger partial charge < -0.3 is 20.1 Å². The van der Waals surface area contributed by atoms with Crippen molar-refractivity contribution in [2.24, 2.45) is 4.99 Å². The maximum absolute atomic E-state index is 5.58. The minimum absolute atomic E-state index is 0.226. The van der Waals surface area contributed by atoms with E-state index < -0.39 is 0 Å². The Labute approximate surface area is 188 Å². The summed E-state index contributed by atoms with van der Waals surface area (Å²) in [6, 6.07) is 9.99. The Kier molecular flexibility index (Phi) is 9.43. The van der Waals surface area contributed by atoms with Gasteiger partial charge in [-0.25, -0.2) is 0 Å². The smallest absolute Gasteiger partial charge is 0.191 e. The quantitative estimate of drug-likeness (QED) is 0.415. The number of nitrogens with zero attached hydrogens (tertiary/aromatic N) is 3. The molecule has 1 aromatic carbocycles. The molecule has 7 nitrogen and oxygen atoms in total. The second kappa shape index (κ2) is 12.3. The number of methoxy groups -OCH3 is 1. The first-order chi connectivity index (χ1) is 15.1. The lowest BCUT2D eigenvalue weighted by molar-refractivity contribution is 0.0179. The topological polar surface area (TPSA) is 61.4 Å².